The fraction of sp³-hybridized carbons (Fsp3) is 0.459. The number of pyridine rings is 1. The number of nitrogens with zero attached hydrogens (tertiary/aromatic N) is 18. The van der Waals surface area contributed by atoms with E-state index in [2.05, 4.69) is 156 Å². The summed E-state index contributed by atoms with van der Waals surface area (Å²) in [5.74, 6) is 5.98. The van der Waals surface area contributed by atoms with Crippen molar-refractivity contribution in [3.8, 4) is 0 Å². The number of anilines is 14. The lowest BCUT2D eigenvalue weighted by Crippen LogP contribution is -2.47. The maximum Gasteiger partial charge on any atom is 0.254 e. The summed E-state index contributed by atoms with van der Waals surface area (Å²) in [5, 5.41) is 15.5. The Bertz CT molecular complexity index is 4730. The molecule has 7 amide bonds. The first-order chi connectivity index (χ1) is 56.2. The van der Waals surface area contributed by atoms with Gasteiger partial charge in [-0.1, -0.05) is 55.4 Å². The number of likely N-dealkylation sites (N-methyl/N-ethyl adjacent to an activating group) is 2. The van der Waals surface area contributed by atoms with E-state index in [1.807, 2.05) is 91.4 Å². The van der Waals surface area contributed by atoms with Gasteiger partial charge in [0, 0.05) is 177 Å². The predicted molar refractivity (Wildman–Crippen MR) is 451 cm³/mol. The second kappa shape index (κ2) is 39.1. The van der Waals surface area contributed by atoms with Gasteiger partial charge in [0.2, 0.25) is 53.3 Å². The first kappa shape index (κ1) is 83.7. The molecule has 5 N–H and O–H groups in total. The van der Waals surface area contributed by atoms with Crippen LogP contribution in [0, 0.1) is 0 Å². The molecule has 116 heavy (non-hydrogen) atoms. The molecular weight excluding hydrogens is 1470 g/mol. The van der Waals surface area contributed by atoms with E-state index in [0.717, 1.165) is 166 Å². The van der Waals surface area contributed by atoms with Gasteiger partial charge in [0.15, 0.2) is 0 Å². The van der Waals surface area contributed by atoms with Crippen LogP contribution in [-0.2, 0) is 54.4 Å². The number of amides is 7. The van der Waals surface area contributed by atoms with Crippen molar-refractivity contribution in [1.82, 2.24) is 64.5 Å². The standard InChI is InChI=1S/C23H30N6O2.C22H27N5O3.C21H29N7O.C19H23N5O2/c1-4-19(5-2)29-20(30)14-17-15-24-23(26-21(17)29)25-18-8-6-16(7-9-18)22(31)28-12-10-27(3)11-13-28;1-3-18(4-2)27-19(28)13-16-14-23-22(25-20(16)27)24-17-7-5-15(6-8-17)21(29)26-9-11-30-12-10-26;1-4-17(5-2)28-19(29)12-15-13-23-21(25-20(15)28)24-16-6-7-18(22-14-16)27-10-8-26(3)9-11-27;1-4-16(5-2)24-17(26)10-13-11-20-19(23-18(13)24)22-15-8-6-14(7-9-15)21-12(3)25/h6-9,15,19H,4-5,10-14H2,1-3H3,(H,24,25,26);5-8,14,18H,3-4,9-13H2,1-2H3,(H,23,24,25);6-7,13-14,17H,4-5,8-12H2,1-3H3,(H,23,24,25);6-9,11,16H,4-5,10H2,1-3H3,(H,21,25)(H,20,22,23). The summed E-state index contributed by atoms with van der Waals surface area (Å²) in [6, 6.07) is 26.6. The van der Waals surface area contributed by atoms with Gasteiger partial charge in [0.1, 0.15) is 29.1 Å². The molecule has 31 nitrogen and oxygen atoms in total. The van der Waals surface area contributed by atoms with E-state index in [0.29, 0.717) is 104 Å². The van der Waals surface area contributed by atoms with Crippen LogP contribution in [-0.4, -0.2) is 223 Å². The molecule has 0 saturated carbocycles. The van der Waals surface area contributed by atoms with Crippen molar-refractivity contribution in [3.05, 3.63) is 149 Å². The number of rotatable bonds is 24. The normalized spacial score (nSPS) is 15.9. The molecule has 0 atom stereocenters. The second-order valence-corrected chi connectivity index (χ2v) is 29.9. The number of ether oxygens (including phenoxy) is 1. The summed E-state index contributed by atoms with van der Waals surface area (Å²) in [4.78, 5) is 145. The van der Waals surface area contributed by atoms with E-state index >= 15 is 0 Å². The lowest BCUT2D eigenvalue weighted by Gasteiger charge is -2.33. The van der Waals surface area contributed by atoms with Crippen LogP contribution in [0.3, 0.4) is 0 Å². The van der Waals surface area contributed by atoms with Gasteiger partial charge >= 0.3 is 0 Å². The van der Waals surface area contributed by atoms with Gasteiger partial charge in [-0.25, -0.2) is 24.9 Å². The number of carbonyl (C=O) groups is 7. The Hall–Kier alpha value is -11.7. The fourth-order valence-electron chi connectivity index (χ4n) is 15.3. The van der Waals surface area contributed by atoms with Crippen LogP contribution in [0.15, 0.2) is 116 Å². The van der Waals surface area contributed by atoms with Crippen molar-refractivity contribution in [2.75, 3.05) is 144 Å². The number of hydrogen-bond donors (Lipinski definition) is 5. The number of aromatic nitrogens is 9. The van der Waals surface area contributed by atoms with Gasteiger partial charge in [-0.3, -0.25) is 53.2 Å². The third kappa shape index (κ3) is 20.1. The average molecular weight is 1580 g/mol. The van der Waals surface area contributed by atoms with Gasteiger partial charge in [-0.05, 0) is 150 Å². The molecule has 5 aromatic heterocycles. The van der Waals surface area contributed by atoms with Crippen molar-refractivity contribution >= 4 is 123 Å². The summed E-state index contributed by atoms with van der Waals surface area (Å²) in [6.07, 6.45) is 17.3. The highest BCUT2D eigenvalue weighted by Gasteiger charge is 2.38. The van der Waals surface area contributed by atoms with E-state index in [-0.39, 0.29) is 65.5 Å². The topological polar surface area (TPSA) is 334 Å². The molecule has 3 aromatic carbocycles. The third-order valence-electron chi connectivity index (χ3n) is 22.1. The van der Waals surface area contributed by atoms with Crippen molar-refractivity contribution < 1.29 is 38.3 Å². The van der Waals surface area contributed by atoms with Crippen molar-refractivity contribution in [3.63, 3.8) is 0 Å². The van der Waals surface area contributed by atoms with Crippen LogP contribution in [0.5, 0.6) is 0 Å². The van der Waals surface area contributed by atoms with E-state index < -0.39 is 0 Å². The highest BCUT2D eigenvalue weighted by Crippen LogP contribution is 2.37. The minimum absolute atomic E-state index is 0.0120. The van der Waals surface area contributed by atoms with Gasteiger partial charge in [-0.15, -0.1) is 0 Å². The van der Waals surface area contributed by atoms with Crippen LogP contribution < -0.4 is 51.1 Å². The largest absolute Gasteiger partial charge is 0.378 e. The van der Waals surface area contributed by atoms with Gasteiger partial charge in [-0.2, -0.15) is 19.9 Å². The zero-order valence-corrected chi connectivity index (χ0v) is 68.6. The van der Waals surface area contributed by atoms with Gasteiger partial charge in [0.25, 0.3) is 11.8 Å². The monoisotopic (exact) mass is 1580 g/mol. The molecule has 3 fully saturated rings. The molecule has 7 aliphatic heterocycles. The number of fused-ring (bicyclic) bond motifs is 4. The Balaban J connectivity index is 0.000000143. The molecule has 7 aliphatic rings. The molecular formula is C85H109N23O8. The molecule has 0 spiro atoms. The van der Waals surface area contributed by atoms with Crippen LogP contribution >= 0.6 is 0 Å². The lowest BCUT2D eigenvalue weighted by molar-refractivity contribution is -0.118. The van der Waals surface area contributed by atoms with Crippen molar-refractivity contribution in [1.29, 1.82) is 0 Å². The zero-order valence-electron chi connectivity index (χ0n) is 68.6. The Labute approximate surface area is 678 Å². The second-order valence-electron chi connectivity index (χ2n) is 29.9. The maximum absolute atomic E-state index is 12.7. The first-order valence-corrected chi connectivity index (χ1v) is 40.8. The Morgan fingerprint density at radius 1 is 0.362 bits per heavy atom. The number of piperazine rings is 2. The Morgan fingerprint density at radius 3 is 0.966 bits per heavy atom. The summed E-state index contributed by atoms with van der Waals surface area (Å²) in [7, 11) is 4.22. The smallest absolute Gasteiger partial charge is 0.254 e. The SMILES string of the molecule is CCC(CC)N1C(=O)Cc2cnc(Nc3ccc(C(=O)N4CCN(C)CC4)cc3)nc21.CCC(CC)N1C(=O)Cc2cnc(Nc3ccc(C(=O)N4CCOCC4)cc3)nc21.CCC(CC)N1C(=O)Cc2cnc(Nc3ccc(N4CCN(C)CC4)nc3)nc21.CCC(CC)N1C(=O)Cc2cnc(Nc3ccc(NC(C)=O)cc3)nc21. The number of benzene rings is 3. The average Bonchev–Trinajstić information content (AvgIpc) is 1.65. The summed E-state index contributed by atoms with van der Waals surface area (Å²) in [6.45, 7) is 28.0. The van der Waals surface area contributed by atoms with Crippen molar-refractivity contribution in [2.45, 2.75) is 164 Å². The van der Waals surface area contributed by atoms with Crippen LogP contribution in [0.1, 0.15) is 157 Å². The number of hydrogen-bond acceptors (Lipinski definition) is 24. The first-order valence-electron chi connectivity index (χ1n) is 40.8. The zero-order chi connectivity index (χ0) is 82.1. The molecule has 0 bridgehead atoms. The maximum atomic E-state index is 12.7. The number of carbonyl (C=O) groups excluding carboxylic acids is 7. The molecule has 8 aromatic rings. The predicted octanol–water partition coefficient (Wildman–Crippen LogP) is 11.2. The fourth-order valence-corrected chi connectivity index (χ4v) is 15.3. The Morgan fingerprint density at radius 2 is 0.655 bits per heavy atom. The van der Waals surface area contributed by atoms with Crippen LogP contribution in [0.2, 0.25) is 0 Å². The van der Waals surface area contributed by atoms with Gasteiger partial charge < -0.3 is 55.8 Å². The minimum atomic E-state index is -0.112. The minimum Gasteiger partial charge on any atom is -0.378 e. The third-order valence-corrected chi connectivity index (χ3v) is 22.1. The van der Waals surface area contributed by atoms with E-state index in [1.165, 1.54) is 6.92 Å². The quantitative estimate of drug-likeness (QED) is 0.0375. The number of nitrogens with one attached hydrogen (secondary N) is 5. The van der Waals surface area contributed by atoms with E-state index in [9.17, 15) is 33.6 Å². The summed E-state index contributed by atoms with van der Waals surface area (Å²) in [5.41, 5.74) is 8.77. The molecule has 15 rings (SSSR count). The molecule has 0 radical (unpaired) electrons. The lowest BCUT2D eigenvalue weighted by atomic mass is 10.1. The van der Waals surface area contributed by atoms with Crippen LogP contribution in [0.25, 0.3) is 0 Å². The molecule has 612 valence electrons. The molecule has 3 saturated heterocycles. The van der Waals surface area contributed by atoms with Crippen LogP contribution in [0.4, 0.5) is 81.3 Å². The van der Waals surface area contributed by atoms with E-state index in [1.54, 1.807) is 54.0 Å². The number of morpholine rings is 1. The van der Waals surface area contributed by atoms with Gasteiger partial charge in [0.05, 0.1) is 50.8 Å². The van der Waals surface area contributed by atoms with E-state index in [4.69, 9.17) is 4.74 Å². The highest BCUT2D eigenvalue weighted by atomic mass is 16.5. The molecule has 0 unspecified atom stereocenters. The summed E-state index contributed by atoms with van der Waals surface area (Å²) >= 11 is 0. The summed E-state index contributed by atoms with van der Waals surface area (Å²) < 4.78 is 5.30. The highest BCUT2D eigenvalue weighted by molar-refractivity contribution is 6.03. The molecule has 31 heteroatoms. The molecule has 0 aliphatic carbocycles. The Kier molecular flexibility index (Phi) is 28.2. The van der Waals surface area contributed by atoms with Crippen molar-refractivity contribution in [2.24, 2.45) is 0 Å². The molecule has 12 heterocycles.